The van der Waals surface area contributed by atoms with Gasteiger partial charge in [-0.3, -0.25) is 9.69 Å². The van der Waals surface area contributed by atoms with Crippen molar-refractivity contribution in [2.24, 2.45) is 17.6 Å². The SMILES string of the molecule is N[C@]1(C(=O)O)C[C@H](CCB(O)O)CC[C@@H]1CN(Cc1ccccc1)Cc1ccccc1. The molecule has 166 valence electrons. The summed E-state index contributed by atoms with van der Waals surface area (Å²) in [6.45, 7) is 2.05. The average Bonchev–Trinajstić information content (AvgIpc) is 2.75. The quantitative estimate of drug-likeness (QED) is 0.437. The smallest absolute Gasteiger partial charge is 0.451 e. The number of benzene rings is 2. The summed E-state index contributed by atoms with van der Waals surface area (Å²) in [7, 11) is -1.36. The molecule has 3 atom stereocenters. The van der Waals surface area contributed by atoms with Gasteiger partial charge in [0.15, 0.2) is 0 Å². The molecule has 1 saturated carbocycles. The Morgan fingerprint density at radius 2 is 1.55 bits per heavy atom. The van der Waals surface area contributed by atoms with Crippen molar-refractivity contribution >= 4 is 13.1 Å². The molecule has 0 aliphatic heterocycles. The maximum atomic E-state index is 12.2. The molecule has 1 aliphatic rings. The fourth-order valence-electron chi connectivity index (χ4n) is 4.77. The van der Waals surface area contributed by atoms with Gasteiger partial charge < -0.3 is 20.9 Å². The predicted octanol–water partition coefficient (Wildman–Crippen LogP) is 2.75. The molecule has 0 radical (unpaired) electrons. The van der Waals surface area contributed by atoms with Crippen molar-refractivity contribution < 1.29 is 19.9 Å². The first-order valence-electron chi connectivity index (χ1n) is 11.1. The number of carbonyl (C=O) groups is 1. The molecular weight excluding hydrogens is 391 g/mol. The first kappa shape index (κ1) is 23.5. The van der Waals surface area contributed by atoms with Crippen LogP contribution in [0.4, 0.5) is 0 Å². The summed E-state index contributed by atoms with van der Waals surface area (Å²) in [6, 6.07) is 20.4. The summed E-state index contributed by atoms with van der Waals surface area (Å²) in [5, 5.41) is 28.4. The summed E-state index contributed by atoms with van der Waals surface area (Å²) in [4.78, 5) is 14.5. The molecule has 6 nitrogen and oxygen atoms in total. The van der Waals surface area contributed by atoms with E-state index < -0.39 is 18.6 Å². The highest BCUT2D eigenvalue weighted by Crippen LogP contribution is 2.39. The lowest BCUT2D eigenvalue weighted by molar-refractivity contribution is -0.148. The van der Waals surface area contributed by atoms with Gasteiger partial charge in [0.05, 0.1) is 0 Å². The van der Waals surface area contributed by atoms with Crippen LogP contribution in [0.2, 0.25) is 6.32 Å². The van der Waals surface area contributed by atoms with Gasteiger partial charge in [0.1, 0.15) is 5.54 Å². The van der Waals surface area contributed by atoms with Crippen LogP contribution in [0.15, 0.2) is 60.7 Å². The van der Waals surface area contributed by atoms with Crippen LogP contribution >= 0.6 is 0 Å². The van der Waals surface area contributed by atoms with Crippen LogP contribution in [-0.4, -0.2) is 45.2 Å². The molecular formula is C24H33BN2O4. The molecule has 0 bridgehead atoms. The third-order valence-corrected chi connectivity index (χ3v) is 6.49. The number of nitrogens with two attached hydrogens (primary N) is 1. The second-order valence-electron chi connectivity index (χ2n) is 8.89. The molecule has 0 saturated heterocycles. The van der Waals surface area contributed by atoms with Gasteiger partial charge in [-0.15, -0.1) is 0 Å². The van der Waals surface area contributed by atoms with Gasteiger partial charge in [0, 0.05) is 25.6 Å². The summed E-state index contributed by atoms with van der Waals surface area (Å²) in [5.41, 5.74) is 7.58. The molecule has 0 unspecified atom stereocenters. The molecule has 5 N–H and O–H groups in total. The van der Waals surface area contributed by atoms with E-state index in [9.17, 15) is 19.9 Å². The summed E-state index contributed by atoms with van der Waals surface area (Å²) < 4.78 is 0. The van der Waals surface area contributed by atoms with Crippen molar-refractivity contribution in [3.05, 3.63) is 71.8 Å². The molecule has 31 heavy (non-hydrogen) atoms. The Hall–Kier alpha value is -2.19. The van der Waals surface area contributed by atoms with Gasteiger partial charge in [-0.05, 0) is 42.6 Å². The van der Waals surface area contributed by atoms with Gasteiger partial charge in [0.25, 0.3) is 0 Å². The van der Waals surface area contributed by atoms with Crippen molar-refractivity contribution in [2.45, 2.75) is 50.6 Å². The lowest BCUT2D eigenvalue weighted by Crippen LogP contribution is -2.60. The molecule has 0 spiro atoms. The summed E-state index contributed by atoms with van der Waals surface area (Å²) in [5.74, 6) is -1.05. The summed E-state index contributed by atoms with van der Waals surface area (Å²) in [6.07, 6.45) is 2.76. The van der Waals surface area contributed by atoms with E-state index in [2.05, 4.69) is 29.2 Å². The van der Waals surface area contributed by atoms with E-state index in [1.54, 1.807) is 0 Å². The molecule has 1 fully saturated rings. The van der Waals surface area contributed by atoms with Crippen molar-refractivity contribution in [2.75, 3.05) is 6.54 Å². The maximum absolute atomic E-state index is 12.2. The summed E-state index contributed by atoms with van der Waals surface area (Å²) >= 11 is 0. The van der Waals surface area contributed by atoms with E-state index in [-0.39, 0.29) is 18.2 Å². The Kier molecular flexibility index (Phi) is 8.26. The van der Waals surface area contributed by atoms with Crippen LogP contribution in [0, 0.1) is 11.8 Å². The number of carboxylic acids is 1. The fourth-order valence-corrected chi connectivity index (χ4v) is 4.77. The minimum atomic E-state index is -1.36. The van der Waals surface area contributed by atoms with Crippen LogP contribution in [0.1, 0.15) is 36.8 Å². The van der Waals surface area contributed by atoms with Crippen LogP contribution in [-0.2, 0) is 17.9 Å². The molecule has 1 aliphatic carbocycles. The molecule has 0 amide bonds. The van der Waals surface area contributed by atoms with Crippen LogP contribution in [0.3, 0.4) is 0 Å². The second-order valence-corrected chi connectivity index (χ2v) is 8.89. The zero-order valence-corrected chi connectivity index (χ0v) is 17.9. The molecule has 2 aromatic rings. The van der Waals surface area contributed by atoms with E-state index in [4.69, 9.17) is 5.73 Å². The molecule has 3 rings (SSSR count). The predicted molar refractivity (Wildman–Crippen MR) is 122 cm³/mol. The lowest BCUT2D eigenvalue weighted by Gasteiger charge is -2.43. The third-order valence-electron chi connectivity index (χ3n) is 6.49. The number of aliphatic carboxylic acids is 1. The Labute approximate surface area is 184 Å². The van der Waals surface area contributed by atoms with Crippen molar-refractivity contribution in [3.63, 3.8) is 0 Å². The van der Waals surface area contributed by atoms with E-state index in [0.717, 1.165) is 25.9 Å². The largest absolute Gasteiger partial charge is 0.480 e. The Morgan fingerprint density at radius 1 is 1.00 bits per heavy atom. The number of carboxylic acid groups (broad SMARTS) is 1. The highest BCUT2D eigenvalue weighted by atomic mass is 16.4. The van der Waals surface area contributed by atoms with E-state index >= 15 is 0 Å². The third kappa shape index (κ3) is 6.65. The minimum absolute atomic E-state index is 0.0934. The van der Waals surface area contributed by atoms with Gasteiger partial charge in [-0.2, -0.15) is 0 Å². The van der Waals surface area contributed by atoms with Crippen LogP contribution in [0.25, 0.3) is 0 Å². The van der Waals surface area contributed by atoms with Crippen LogP contribution in [0.5, 0.6) is 0 Å². The zero-order chi connectivity index (χ0) is 22.3. The van der Waals surface area contributed by atoms with Crippen LogP contribution < -0.4 is 5.73 Å². The monoisotopic (exact) mass is 424 g/mol. The molecule has 2 aromatic carbocycles. The molecule has 0 heterocycles. The van der Waals surface area contributed by atoms with Crippen molar-refractivity contribution in [1.82, 2.24) is 4.90 Å². The number of rotatable bonds is 10. The Balaban J connectivity index is 1.75. The number of hydrogen-bond donors (Lipinski definition) is 4. The minimum Gasteiger partial charge on any atom is -0.480 e. The highest BCUT2D eigenvalue weighted by Gasteiger charge is 2.47. The first-order valence-corrected chi connectivity index (χ1v) is 11.1. The Bertz CT molecular complexity index is 779. The molecule has 7 heteroatoms. The van der Waals surface area contributed by atoms with Crippen molar-refractivity contribution in [1.29, 1.82) is 0 Å². The van der Waals surface area contributed by atoms with Gasteiger partial charge in [-0.1, -0.05) is 67.1 Å². The van der Waals surface area contributed by atoms with Gasteiger partial charge in [-0.25, -0.2) is 0 Å². The van der Waals surface area contributed by atoms with E-state index in [1.165, 1.54) is 11.1 Å². The second kappa shape index (κ2) is 10.9. The normalized spacial score (nSPS) is 23.6. The fraction of sp³-hybridized carbons (Fsp3) is 0.458. The number of nitrogens with zero attached hydrogens (tertiary/aromatic N) is 1. The molecule has 0 aromatic heterocycles. The highest BCUT2D eigenvalue weighted by molar-refractivity contribution is 6.40. The standard InChI is InChI=1S/C24H33BN2O4/c26-24(23(28)29)15-19(13-14-25(30)31)11-12-22(24)18-27(16-20-7-3-1-4-8-20)17-21-9-5-2-6-10-21/h1-10,19,22,30-31H,11-18,26H2,(H,28,29)/t19-,22+,24+/m0/s1. The van der Waals surface area contributed by atoms with E-state index in [0.29, 0.717) is 19.4 Å². The Morgan fingerprint density at radius 3 is 2.03 bits per heavy atom. The average molecular weight is 424 g/mol. The zero-order valence-electron chi connectivity index (χ0n) is 17.9. The van der Waals surface area contributed by atoms with Gasteiger partial charge in [0.2, 0.25) is 0 Å². The van der Waals surface area contributed by atoms with Crippen molar-refractivity contribution in [3.8, 4) is 0 Å². The van der Waals surface area contributed by atoms with E-state index in [1.807, 2.05) is 36.4 Å². The topological polar surface area (TPSA) is 107 Å². The lowest BCUT2D eigenvalue weighted by atomic mass is 9.66. The maximum Gasteiger partial charge on any atom is 0.451 e. The first-order chi connectivity index (χ1) is 14.9. The van der Waals surface area contributed by atoms with Gasteiger partial charge >= 0.3 is 13.1 Å². The number of hydrogen-bond acceptors (Lipinski definition) is 5.